The molecule has 0 amide bonds. The lowest BCUT2D eigenvalue weighted by Gasteiger charge is -2.25. The average molecular weight is 873 g/mol. The molecule has 2 aromatic carbocycles. The van der Waals surface area contributed by atoms with Crippen molar-refractivity contribution in [2.75, 3.05) is 80.3 Å². The van der Waals surface area contributed by atoms with Crippen molar-refractivity contribution >= 4 is 33.8 Å². The first-order valence-corrected chi connectivity index (χ1v) is 20.7. The predicted molar refractivity (Wildman–Crippen MR) is 218 cm³/mol. The second-order valence-electron chi connectivity index (χ2n) is 13.9. The van der Waals surface area contributed by atoms with Crippen molar-refractivity contribution < 1.29 is 64.2 Å². The Kier molecular flexibility index (Phi) is 16.5. The Morgan fingerprint density at radius 3 is 1.20 bits per heavy atom. The van der Waals surface area contributed by atoms with Gasteiger partial charge in [0.25, 0.3) is 0 Å². The summed E-state index contributed by atoms with van der Waals surface area (Å²) in [6.07, 6.45) is -0.601. The van der Waals surface area contributed by atoms with Crippen LogP contribution in [0.5, 0.6) is 11.5 Å². The van der Waals surface area contributed by atoms with Crippen molar-refractivity contribution in [1.82, 2.24) is 0 Å². The zero-order valence-corrected chi connectivity index (χ0v) is 35.5. The monoisotopic (exact) mass is 872 g/mol. The summed E-state index contributed by atoms with van der Waals surface area (Å²) in [4.78, 5) is 1.26. The Balaban J connectivity index is 1.33. The molecule has 0 saturated carbocycles. The number of halogens is 6. The summed E-state index contributed by atoms with van der Waals surface area (Å²) in [5, 5.41) is 0. The molecule has 0 bridgehead atoms. The third kappa shape index (κ3) is 11.1. The minimum absolute atomic E-state index is 0.191. The number of methoxy groups -OCH3 is 2. The van der Waals surface area contributed by atoms with Crippen molar-refractivity contribution in [3.05, 3.63) is 81.5 Å². The summed E-state index contributed by atoms with van der Waals surface area (Å²) in [5.74, 6) is -15.0. The number of thiophene rings is 2. The van der Waals surface area contributed by atoms with E-state index in [9.17, 15) is 0 Å². The zero-order chi connectivity index (χ0) is 42.8. The van der Waals surface area contributed by atoms with E-state index in [1.165, 1.54) is 26.0 Å². The molecule has 0 fully saturated rings. The maximum atomic E-state index is 15.9. The summed E-state index contributed by atoms with van der Waals surface area (Å²) in [5.41, 5.74) is -2.32. The Labute approximate surface area is 348 Å². The predicted octanol–water partition coefficient (Wildman–Crippen LogP) is 10.5. The summed E-state index contributed by atoms with van der Waals surface area (Å²) >= 11 is 2.10. The molecule has 2 aromatic heterocycles. The van der Waals surface area contributed by atoms with Crippen molar-refractivity contribution in [3.8, 4) is 32.4 Å². The van der Waals surface area contributed by atoms with E-state index >= 15 is 26.3 Å². The molecule has 2 heterocycles. The maximum Gasteiger partial charge on any atom is 0.380 e. The third-order valence-corrected chi connectivity index (χ3v) is 11.5. The fourth-order valence-electron chi connectivity index (χ4n) is 6.33. The van der Waals surface area contributed by atoms with Crippen LogP contribution >= 0.6 is 22.7 Å². The van der Waals surface area contributed by atoms with Gasteiger partial charge in [0.05, 0.1) is 66.1 Å². The van der Waals surface area contributed by atoms with E-state index in [1.54, 1.807) is 62.8 Å². The van der Waals surface area contributed by atoms with Gasteiger partial charge in [-0.3, -0.25) is 0 Å². The van der Waals surface area contributed by atoms with E-state index < -0.39 is 28.9 Å². The molecule has 5 rings (SSSR count). The minimum atomic E-state index is -5.68. The van der Waals surface area contributed by atoms with Gasteiger partial charge in [-0.05, 0) is 111 Å². The zero-order valence-electron chi connectivity index (χ0n) is 33.8. The molecule has 0 unspecified atom stereocenters. The van der Waals surface area contributed by atoms with Crippen LogP contribution < -0.4 is 9.47 Å². The van der Waals surface area contributed by atoms with Crippen LogP contribution in [0.4, 0.5) is 26.3 Å². The normalized spacial score (nSPS) is 16.7. The smallest absolute Gasteiger partial charge is 0.380 e. The first-order chi connectivity index (χ1) is 28.1. The first kappa shape index (κ1) is 46.6. The van der Waals surface area contributed by atoms with Gasteiger partial charge in [-0.15, -0.1) is 22.7 Å². The molecule has 0 saturated heterocycles. The van der Waals surface area contributed by atoms with Crippen LogP contribution in [-0.4, -0.2) is 110 Å². The van der Waals surface area contributed by atoms with Crippen LogP contribution in [0, 0.1) is 13.8 Å². The van der Waals surface area contributed by atoms with Crippen LogP contribution in [-0.2, 0) is 28.4 Å². The Bertz CT molecular complexity index is 1830. The van der Waals surface area contributed by atoms with Crippen LogP contribution in [0.25, 0.3) is 32.0 Å². The van der Waals surface area contributed by atoms with Crippen molar-refractivity contribution in [2.45, 2.75) is 57.7 Å². The van der Waals surface area contributed by atoms with E-state index in [4.69, 9.17) is 37.9 Å². The Hall–Kier alpha value is -3.48. The minimum Gasteiger partial charge on any atom is -0.488 e. The second-order valence-corrected chi connectivity index (χ2v) is 16.4. The highest BCUT2D eigenvalue weighted by atomic mass is 32.1. The molecule has 59 heavy (non-hydrogen) atoms. The molecule has 0 radical (unpaired) electrons. The lowest BCUT2D eigenvalue weighted by Crippen LogP contribution is -2.48. The fourth-order valence-corrected chi connectivity index (χ4v) is 8.39. The molecule has 1 aliphatic rings. The summed E-state index contributed by atoms with van der Waals surface area (Å²) in [6.45, 7) is 10.7. The summed E-state index contributed by atoms with van der Waals surface area (Å²) in [6, 6.07) is 16.0. The van der Waals surface area contributed by atoms with E-state index in [1.807, 2.05) is 13.8 Å². The first-order valence-electron chi connectivity index (χ1n) is 19.1. The van der Waals surface area contributed by atoms with Crippen molar-refractivity contribution in [3.63, 3.8) is 0 Å². The Morgan fingerprint density at radius 1 is 0.508 bits per heavy atom. The number of benzene rings is 2. The topological polar surface area (TPSA) is 73.8 Å². The summed E-state index contributed by atoms with van der Waals surface area (Å²) < 4.78 is 138. The van der Waals surface area contributed by atoms with Gasteiger partial charge in [0.1, 0.15) is 23.7 Å². The number of rotatable bonds is 24. The number of hydrogen-bond acceptors (Lipinski definition) is 10. The molecule has 324 valence electrons. The quantitative estimate of drug-likeness (QED) is 0.0509. The maximum absolute atomic E-state index is 15.9. The molecule has 0 spiro atoms. The van der Waals surface area contributed by atoms with Crippen LogP contribution in [0.3, 0.4) is 0 Å². The molecule has 0 N–H and O–H groups in total. The standard InChI is InChI=1S/C43H50F6O8S2/c1-27(25-54-21-19-52-17-15-50-5)56-33-11-7-31(8-12-33)37-23-35(29(3)58-37)39-40(42(46,47)43(48,49)41(39,44)45)36-24-38(59-30(36)4)32-9-13-34(14-10-32)57-28(2)26-55-22-20-53-18-16-51-6/h7-14,23-24,27-28H,15-22,25-26H2,1-6H3/t27-,28-/m0/s1. The average Bonchev–Trinajstić information content (AvgIpc) is 3.80. The number of aryl methyl sites for hydroxylation is 2. The van der Waals surface area contributed by atoms with E-state index in [0.717, 1.165) is 22.7 Å². The van der Waals surface area contributed by atoms with Gasteiger partial charge in [0.15, 0.2) is 0 Å². The number of alkyl halides is 6. The highest BCUT2D eigenvalue weighted by molar-refractivity contribution is 7.16. The van der Waals surface area contributed by atoms with Crippen LogP contribution in [0.15, 0.2) is 60.7 Å². The van der Waals surface area contributed by atoms with Gasteiger partial charge in [-0.25, -0.2) is 0 Å². The summed E-state index contributed by atoms with van der Waals surface area (Å²) in [7, 11) is 3.18. The van der Waals surface area contributed by atoms with Gasteiger partial charge in [-0.2, -0.15) is 26.3 Å². The van der Waals surface area contributed by atoms with E-state index in [-0.39, 0.29) is 33.1 Å². The molecule has 2 atom stereocenters. The van der Waals surface area contributed by atoms with Gasteiger partial charge in [0, 0.05) is 44.9 Å². The highest BCUT2D eigenvalue weighted by Crippen LogP contribution is 2.66. The number of allylic oxidation sites excluding steroid dienone is 2. The van der Waals surface area contributed by atoms with Gasteiger partial charge in [-0.1, -0.05) is 0 Å². The molecule has 4 aromatic rings. The van der Waals surface area contributed by atoms with Crippen molar-refractivity contribution in [2.24, 2.45) is 0 Å². The number of hydrogen-bond donors (Lipinski definition) is 0. The van der Waals surface area contributed by atoms with E-state index in [0.29, 0.717) is 98.4 Å². The highest BCUT2D eigenvalue weighted by Gasteiger charge is 2.80. The van der Waals surface area contributed by atoms with Crippen LogP contribution in [0.2, 0.25) is 0 Å². The molecule has 16 heteroatoms. The number of ether oxygens (including phenoxy) is 8. The lowest BCUT2D eigenvalue weighted by molar-refractivity contribution is -0.254. The van der Waals surface area contributed by atoms with Gasteiger partial charge >= 0.3 is 17.8 Å². The fraction of sp³-hybridized carbons (Fsp3) is 0.488. The van der Waals surface area contributed by atoms with Gasteiger partial charge in [0.2, 0.25) is 0 Å². The van der Waals surface area contributed by atoms with Crippen LogP contribution in [0.1, 0.15) is 34.7 Å². The molecular formula is C43H50F6O8S2. The lowest BCUT2D eigenvalue weighted by atomic mass is 9.94. The van der Waals surface area contributed by atoms with E-state index in [2.05, 4.69) is 0 Å². The molecule has 1 aliphatic carbocycles. The third-order valence-electron chi connectivity index (χ3n) is 9.31. The molecule has 0 aliphatic heterocycles. The largest absolute Gasteiger partial charge is 0.488 e. The Morgan fingerprint density at radius 2 is 0.847 bits per heavy atom. The molecular weight excluding hydrogens is 823 g/mol. The molecule has 8 nitrogen and oxygen atoms in total. The SMILES string of the molecule is COCCOCCOC[C@H](C)Oc1ccc(-c2cc(C3=C(c4cc(-c5ccc(O[C@@H](C)COCCOCCOC)cc5)sc4C)C(F)(F)C(F)(F)C3(F)F)c(C)s2)cc1. The van der Waals surface area contributed by atoms with Crippen molar-refractivity contribution in [1.29, 1.82) is 0 Å². The van der Waals surface area contributed by atoms with Gasteiger partial charge < -0.3 is 37.9 Å². The second kappa shape index (κ2) is 20.9.